The molecular formula is C11H22O3. The molecule has 0 rings (SSSR count). The van der Waals surface area contributed by atoms with E-state index in [1.54, 1.807) is 7.11 Å². The molecule has 0 bridgehead atoms. The molecule has 0 radical (unpaired) electrons. The van der Waals surface area contributed by atoms with Gasteiger partial charge in [0.05, 0.1) is 18.8 Å². The largest absolute Gasteiger partial charge is 0.392 e. The van der Waals surface area contributed by atoms with E-state index in [-0.39, 0.29) is 18.6 Å². The average Bonchev–Trinajstić information content (AvgIpc) is 2.19. The van der Waals surface area contributed by atoms with Crippen molar-refractivity contribution in [3.8, 4) is 0 Å². The maximum atomic E-state index is 9.87. The van der Waals surface area contributed by atoms with Crippen LogP contribution in [0.3, 0.4) is 0 Å². The second-order valence-electron chi connectivity index (χ2n) is 3.70. The molecule has 0 aliphatic rings. The van der Waals surface area contributed by atoms with Gasteiger partial charge in [0, 0.05) is 13.0 Å². The smallest absolute Gasteiger partial charge is 0.0861 e. The van der Waals surface area contributed by atoms with Gasteiger partial charge in [0.2, 0.25) is 0 Å². The molecule has 2 N–H and O–H groups in total. The van der Waals surface area contributed by atoms with E-state index in [1.807, 2.05) is 26.8 Å². The van der Waals surface area contributed by atoms with Crippen molar-refractivity contribution in [1.82, 2.24) is 0 Å². The molecule has 0 heterocycles. The van der Waals surface area contributed by atoms with Crippen LogP contribution in [0.5, 0.6) is 0 Å². The van der Waals surface area contributed by atoms with Gasteiger partial charge in [-0.15, -0.1) is 0 Å². The summed E-state index contributed by atoms with van der Waals surface area (Å²) >= 11 is 0. The van der Waals surface area contributed by atoms with Crippen LogP contribution in [0.15, 0.2) is 11.6 Å². The Balaban J connectivity index is 4.29. The standard InChI is InChI=1S/C11H22O3/c1-5-10(14-4)11(13)9(3)6-8(2)7-12/h6,9-13H,5,7H2,1-4H3/b8-6-/t9-,10-,11+/m1/s1. The van der Waals surface area contributed by atoms with Gasteiger partial charge in [-0.2, -0.15) is 0 Å². The van der Waals surface area contributed by atoms with E-state index in [2.05, 4.69) is 0 Å². The van der Waals surface area contributed by atoms with Crippen molar-refractivity contribution in [3.63, 3.8) is 0 Å². The zero-order valence-electron chi connectivity index (χ0n) is 9.53. The van der Waals surface area contributed by atoms with Crippen LogP contribution in [0.25, 0.3) is 0 Å². The second-order valence-corrected chi connectivity index (χ2v) is 3.70. The van der Waals surface area contributed by atoms with Crippen molar-refractivity contribution < 1.29 is 14.9 Å². The molecule has 0 saturated heterocycles. The highest BCUT2D eigenvalue weighted by Crippen LogP contribution is 2.15. The average molecular weight is 202 g/mol. The van der Waals surface area contributed by atoms with Crippen molar-refractivity contribution in [2.24, 2.45) is 5.92 Å². The molecule has 3 nitrogen and oxygen atoms in total. The maximum Gasteiger partial charge on any atom is 0.0861 e. The quantitative estimate of drug-likeness (QED) is 0.639. The predicted octanol–water partition coefficient (Wildman–Crippen LogP) is 1.35. The van der Waals surface area contributed by atoms with E-state index < -0.39 is 6.10 Å². The van der Waals surface area contributed by atoms with Crippen LogP contribution in [0.1, 0.15) is 27.2 Å². The van der Waals surface area contributed by atoms with Crippen LogP contribution in [0, 0.1) is 5.92 Å². The van der Waals surface area contributed by atoms with Gasteiger partial charge in [0.15, 0.2) is 0 Å². The van der Waals surface area contributed by atoms with E-state index in [1.165, 1.54) is 0 Å². The zero-order valence-corrected chi connectivity index (χ0v) is 9.53. The van der Waals surface area contributed by atoms with Crippen LogP contribution in [0.2, 0.25) is 0 Å². The maximum absolute atomic E-state index is 9.87. The third kappa shape index (κ3) is 4.22. The van der Waals surface area contributed by atoms with E-state index in [4.69, 9.17) is 9.84 Å². The third-order valence-electron chi connectivity index (χ3n) is 2.42. The van der Waals surface area contributed by atoms with Crippen LogP contribution in [0.4, 0.5) is 0 Å². The molecule has 0 aromatic carbocycles. The highest BCUT2D eigenvalue weighted by Gasteiger charge is 2.21. The number of hydrogen-bond donors (Lipinski definition) is 2. The molecule has 3 heteroatoms. The Morgan fingerprint density at radius 1 is 1.50 bits per heavy atom. The SMILES string of the molecule is CC[C@@H](OC)[C@@H](O)[C@H](C)/C=C(/C)CO. The molecule has 14 heavy (non-hydrogen) atoms. The van der Waals surface area contributed by atoms with Gasteiger partial charge in [-0.1, -0.05) is 25.5 Å². The number of aliphatic hydroxyl groups excluding tert-OH is 2. The second kappa shape index (κ2) is 6.98. The highest BCUT2D eigenvalue weighted by atomic mass is 16.5. The highest BCUT2D eigenvalue weighted by molar-refractivity contribution is 5.02. The Labute approximate surface area is 86.4 Å². The summed E-state index contributed by atoms with van der Waals surface area (Å²) in [6.07, 6.45) is 2.03. The normalized spacial score (nSPS) is 19.1. The summed E-state index contributed by atoms with van der Waals surface area (Å²) < 4.78 is 5.16. The number of methoxy groups -OCH3 is 1. The first kappa shape index (κ1) is 13.6. The Morgan fingerprint density at radius 3 is 2.43 bits per heavy atom. The Hall–Kier alpha value is -0.380. The molecule has 84 valence electrons. The van der Waals surface area contributed by atoms with E-state index in [0.29, 0.717) is 0 Å². The first-order valence-corrected chi connectivity index (χ1v) is 5.05. The first-order valence-electron chi connectivity index (χ1n) is 5.05. The van der Waals surface area contributed by atoms with Crippen LogP contribution in [-0.4, -0.2) is 36.1 Å². The molecule has 0 saturated carbocycles. The van der Waals surface area contributed by atoms with Gasteiger partial charge < -0.3 is 14.9 Å². The molecule has 0 aliphatic carbocycles. The third-order valence-corrected chi connectivity index (χ3v) is 2.42. The Bertz CT molecular complexity index is 173. The number of hydrogen-bond acceptors (Lipinski definition) is 3. The molecule has 3 atom stereocenters. The van der Waals surface area contributed by atoms with Gasteiger partial charge in [-0.3, -0.25) is 0 Å². The lowest BCUT2D eigenvalue weighted by Crippen LogP contribution is -2.32. The number of ether oxygens (including phenoxy) is 1. The molecule has 0 aromatic heterocycles. The fourth-order valence-electron chi connectivity index (χ4n) is 1.49. The fourth-order valence-corrected chi connectivity index (χ4v) is 1.49. The van der Waals surface area contributed by atoms with E-state index >= 15 is 0 Å². The van der Waals surface area contributed by atoms with Gasteiger partial charge in [0.25, 0.3) is 0 Å². The predicted molar refractivity (Wildman–Crippen MR) is 57.1 cm³/mol. The molecule has 0 unspecified atom stereocenters. The summed E-state index contributed by atoms with van der Waals surface area (Å²) in [5, 5.41) is 18.7. The Kier molecular flexibility index (Phi) is 6.79. The van der Waals surface area contributed by atoms with Crippen LogP contribution in [-0.2, 0) is 4.74 Å². The van der Waals surface area contributed by atoms with E-state index in [0.717, 1.165) is 12.0 Å². The minimum atomic E-state index is -0.508. The fraction of sp³-hybridized carbons (Fsp3) is 0.818. The van der Waals surface area contributed by atoms with Crippen molar-refractivity contribution in [1.29, 1.82) is 0 Å². The first-order chi connectivity index (χ1) is 6.56. The summed E-state index contributed by atoms with van der Waals surface area (Å²) in [6, 6.07) is 0. The number of aliphatic hydroxyl groups is 2. The topological polar surface area (TPSA) is 49.7 Å². The minimum Gasteiger partial charge on any atom is -0.392 e. The lowest BCUT2D eigenvalue weighted by molar-refractivity contribution is -0.0302. The van der Waals surface area contributed by atoms with Gasteiger partial charge >= 0.3 is 0 Å². The lowest BCUT2D eigenvalue weighted by Gasteiger charge is -2.24. The van der Waals surface area contributed by atoms with Crippen LogP contribution < -0.4 is 0 Å². The molecule has 0 aliphatic heterocycles. The summed E-state index contributed by atoms with van der Waals surface area (Å²) in [6.45, 7) is 5.79. The summed E-state index contributed by atoms with van der Waals surface area (Å²) in [4.78, 5) is 0. The van der Waals surface area contributed by atoms with Gasteiger partial charge in [-0.05, 0) is 13.3 Å². The molecule has 0 fully saturated rings. The molecule has 0 spiro atoms. The molecular weight excluding hydrogens is 180 g/mol. The van der Waals surface area contributed by atoms with Crippen LogP contribution >= 0.6 is 0 Å². The van der Waals surface area contributed by atoms with Crippen molar-refractivity contribution in [3.05, 3.63) is 11.6 Å². The minimum absolute atomic E-state index is 0.00653. The Morgan fingerprint density at radius 2 is 2.07 bits per heavy atom. The van der Waals surface area contributed by atoms with Gasteiger partial charge in [0.1, 0.15) is 0 Å². The lowest BCUT2D eigenvalue weighted by atomic mass is 9.96. The summed E-state index contributed by atoms with van der Waals surface area (Å²) in [5.41, 5.74) is 0.877. The summed E-state index contributed by atoms with van der Waals surface area (Å²) in [5.74, 6) is 0.00653. The van der Waals surface area contributed by atoms with E-state index in [9.17, 15) is 5.11 Å². The zero-order chi connectivity index (χ0) is 11.1. The monoisotopic (exact) mass is 202 g/mol. The van der Waals surface area contributed by atoms with Crippen molar-refractivity contribution in [2.75, 3.05) is 13.7 Å². The summed E-state index contributed by atoms with van der Waals surface area (Å²) in [7, 11) is 1.60. The molecule has 0 amide bonds. The number of rotatable bonds is 6. The van der Waals surface area contributed by atoms with Crippen molar-refractivity contribution >= 4 is 0 Å². The van der Waals surface area contributed by atoms with Gasteiger partial charge in [-0.25, -0.2) is 0 Å². The van der Waals surface area contributed by atoms with Crippen molar-refractivity contribution in [2.45, 2.75) is 39.4 Å². The molecule has 0 aromatic rings.